The fourth-order valence-corrected chi connectivity index (χ4v) is 2.44. The zero-order valence-corrected chi connectivity index (χ0v) is 13.2. The van der Waals surface area contributed by atoms with Crippen LogP contribution in [0.5, 0.6) is 11.5 Å². The maximum absolute atomic E-state index is 12.6. The molecule has 3 nitrogen and oxygen atoms in total. The van der Waals surface area contributed by atoms with E-state index in [0.717, 1.165) is 0 Å². The lowest BCUT2D eigenvalue weighted by molar-refractivity contribution is 0.0734. The summed E-state index contributed by atoms with van der Waals surface area (Å²) in [5.74, 6) is -0.577. The molecule has 0 aromatic heterocycles. The van der Waals surface area contributed by atoms with Gasteiger partial charge in [0.2, 0.25) is 0 Å². The van der Waals surface area contributed by atoms with Crippen LogP contribution in [0.2, 0.25) is 0 Å². The Bertz CT molecular complexity index is 740. The molecule has 0 aliphatic rings. The molecular formula is C15H13F5O3S. The number of ether oxygens (including phenoxy) is 2. The van der Waals surface area contributed by atoms with E-state index in [0.29, 0.717) is 24.5 Å². The molecule has 0 aliphatic heterocycles. The molecule has 0 saturated heterocycles. The molecule has 24 heavy (non-hydrogen) atoms. The Labute approximate surface area is 134 Å². The van der Waals surface area contributed by atoms with Gasteiger partial charge in [-0.15, -0.1) is 0 Å². The lowest BCUT2D eigenvalue weighted by Crippen LogP contribution is -2.09. The molecular weight excluding hydrogens is 355 g/mol. The summed E-state index contributed by atoms with van der Waals surface area (Å²) < 4.78 is 73.0. The lowest BCUT2D eigenvalue weighted by atomic mass is 10.2. The molecule has 0 fully saturated rings. The van der Waals surface area contributed by atoms with Crippen LogP contribution >= 0.6 is 10.2 Å². The molecule has 2 aromatic rings. The highest BCUT2D eigenvalue weighted by molar-refractivity contribution is 8.45. The van der Waals surface area contributed by atoms with E-state index in [1.165, 1.54) is 24.3 Å². The van der Waals surface area contributed by atoms with E-state index in [9.17, 15) is 24.2 Å². The van der Waals surface area contributed by atoms with Gasteiger partial charge in [0.15, 0.2) is 0 Å². The van der Waals surface area contributed by atoms with Crippen LogP contribution in [0.3, 0.4) is 0 Å². The van der Waals surface area contributed by atoms with Crippen LogP contribution in [-0.2, 0) is 0 Å². The van der Waals surface area contributed by atoms with Crippen molar-refractivity contribution in [1.29, 1.82) is 0 Å². The first-order chi connectivity index (χ1) is 10.9. The van der Waals surface area contributed by atoms with E-state index in [1.54, 1.807) is 6.92 Å². The van der Waals surface area contributed by atoms with Crippen molar-refractivity contribution in [2.24, 2.45) is 0 Å². The Kier molecular flexibility index (Phi) is 4.04. The van der Waals surface area contributed by atoms with Gasteiger partial charge in [-0.25, -0.2) is 4.79 Å². The maximum Gasteiger partial charge on any atom is 0.343 e. The highest BCUT2D eigenvalue weighted by atomic mass is 32.5. The summed E-state index contributed by atoms with van der Waals surface area (Å²) in [4.78, 5) is 9.82. The first kappa shape index (κ1) is 18.1. The largest absolute Gasteiger partial charge is 0.494 e. The average molecular weight is 368 g/mol. The van der Waals surface area contributed by atoms with E-state index in [-0.39, 0.29) is 23.4 Å². The van der Waals surface area contributed by atoms with Crippen molar-refractivity contribution in [3.63, 3.8) is 0 Å². The van der Waals surface area contributed by atoms with Crippen molar-refractivity contribution in [2.75, 3.05) is 6.61 Å². The Morgan fingerprint density at radius 3 is 1.83 bits per heavy atom. The highest BCUT2D eigenvalue weighted by Crippen LogP contribution is 3.02. The van der Waals surface area contributed by atoms with Crippen LogP contribution in [0.15, 0.2) is 53.4 Å². The molecule has 0 bridgehead atoms. The molecule has 2 aromatic carbocycles. The normalized spacial score (nSPS) is 14.4. The fraction of sp³-hybridized carbons (Fsp3) is 0.133. The van der Waals surface area contributed by atoms with Crippen LogP contribution < -0.4 is 9.47 Å². The monoisotopic (exact) mass is 368 g/mol. The van der Waals surface area contributed by atoms with Gasteiger partial charge in [-0.05, 0) is 55.5 Å². The van der Waals surface area contributed by atoms with Crippen LogP contribution in [0, 0.1) is 0 Å². The molecule has 0 aliphatic carbocycles. The number of carbonyl (C=O) groups excluding carboxylic acids is 1. The van der Waals surface area contributed by atoms with Crippen molar-refractivity contribution < 1.29 is 33.7 Å². The predicted molar refractivity (Wildman–Crippen MR) is 80.4 cm³/mol. The van der Waals surface area contributed by atoms with Crippen molar-refractivity contribution in [1.82, 2.24) is 0 Å². The summed E-state index contributed by atoms with van der Waals surface area (Å²) >= 11 is 0. The summed E-state index contributed by atoms with van der Waals surface area (Å²) in [6.07, 6.45) is 0. The Morgan fingerprint density at radius 2 is 1.38 bits per heavy atom. The van der Waals surface area contributed by atoms with Gasteiger partial charge in [-0.3, -0.25) is 0 Å². The van der Waals surface area contributed by atoms with Crippen LogP contribution in [0.4, 0.5) is 19.4 Å². The summed E-state index contributed by atoms with van der Waals surface area (Å²) in [5, 5.41) is 0. The lowest BCUT2D eigenvalue weighted by Gasteiger charge is -2.40. The van der Waals surface area contributed by atoms with E-state index in [4.69, 9.17) is 9.47 Å². The fourth-order valence-electron chi connectivity index (χ4n) is 1.78. The molecule has 9 heteroatoms. The predicted octanol–water partition coefficient (Wildman–Crippen LogP) is 5.96. The minimum atomic E-state index is -9.73. The maximum atomic E-state index is 12.6. The summed E-state index contributed by atoms with van der Waals surface area (Å²) in [6.45, 7) is 2.24. The Hall–Kier alpha value is -2.29. The van der Waals surface area contributed by atoms with Crippen LogP contribution in [-0.4, -0.2) is 12.6 Å². The zero-order valence-electron chi connectivity index (χ0n) is 12.3. The molecule has 0 atom stereocenters. The quantitative estimate of drug-likeness (QED) is 0.371. The molecule has 2 rings (SSSR count). The smallest absolute Gasteiger partial charge is 0.343 e. The van der Waals surface area contributed by atoms with Gasteiger partial charge in [0.25, 0.3) is 0 Å². The SMILES string of the molecule is CCOc1ccc(C(=O)Oc2ccc(S(F)(F)(F)(F)F)cc2)cc1. The second-order valence-corrected chi connectivity index (χ2v) is 7.20. The Balaban J connectivity index is 2.13. The van der Waals surface area contributed by atoms with Gasteiger partial charge >= 0.3 is 16.2 Å². The number of hydrogen-bond acceptors (Lipinski definition) is 3. The molecule has 0 amide bonds. The highest BCUT2D eigenvalue weighted by Gasteiger charge is 2.65. The van der Waals surface area contributed by atoms with Gasteiger partial charge in [0.05, 0.1) is 12.2 Å². The Morgan fingerprint density at radius 1 is 0.875 bits per heavy atom. The number of halogens is 5. The number of esters is 1. The van der Waals surface area contributed by atoms with Gasteiger partial charge in [0, 0.05) is 0 Å². The van der Waals surface area contributed by atoms with Gasteiger partial charge < -0.3 is 9.47 Å². The minimum Gasteiger partial charge on any atom is -0.494 e. The van der Waals surface area contributed by atoms with Crippen molar-refractivity contribution in [2.45, 2.75) is 11.8 Å². The standard InChI is InChI=1S/C15H13F5O3S/c1-2-22-12-5-3-11(4-6-12)15(21)23-13-7-9-14(10-8-13)24(16,17,18,19)20/h3-10H,2H2,1H3. The molecule has 0 unspecified atom stereocenters. The number of hydrogen-bond donors (Lipinski definition) is 0. The first-order valence-electron chi connectivity index (χ1n) is 6.68. The second kappa shape index (κ2) is 5.37. The number of rotatable bonds is 5. The molecule has 0 spiro atoms. The van der Waals surface area contributed by atoms with Gasteiger partial charge in [-0.2, -0.15) is 0 Å². The minimum absolute atomic E-state index is 0.134. The second-order valence-electron chi connectivity index (χ2n) is 4.79. The molecule has 0 N–H and O–H groups in total. The van der Waals surface area contributed by atoms with Crippen LogP contribution in [0.1, 0.15) is 17.3 Å². The third-order valence-corrected chi connectivity index (χ3v) is 4.04. The van der Waals surface area contributed by atoms with E-state index in [1.807, 2.05) is 0 Å². The van der Waals surface area contributed by atoms with E-state index < -0.39 is 21.1 Å². The topological polar surface area (TPSA) is 35.5 Å². The summed E-state index contributed by atoms with van der Waals surface area (Å²) in [5.41, 5.74) is 0.134. The number of benzene rings is 2. The molecule has 132 valence electrons. The average Bonchev–Trinajstić information content (AvgIpc) is 2.46. The first-order valence-corrected chi connectivity index (χ1v) is 8.63. The molecule has 0 heterocycles. The van der Waals surface area contributed by atoms with E-state index in [2.05, 4.69) is 0 Å². The van der Waals surface area contributed by atoms with Crippen LogP contribution in [0.25, 0.3) is 0 Å². The summed E-state index contributed by atoms with van der Waals surface area (Å²) in [6, 6.07) is 7.57. The molecule has 0 radical (unpaired) electrons. The molecule has 0 saturated carbocycles. The summed E-state index contributed by atoms with van der Waals surface area (Å²) in [7, 11) is -9.73. The van der Waals surface area contributed by atoms with Crippen molar-refractivity contribution in [3.8, 4) is 11.5 Å². The van der Waals surface area contributed by atoms with Crippen molar-refractivity contribution >= 4 is 16.2 Å². The third-order valence-electron chi connectivity index (χ3n) is 2.88. The van der Waals surface area contributed by atoms with Gasteiger partial charge in [0.1, 0.15) is 16.4 Å². The van der Waals surface area contributed by atoms with E-state index >= 15 is 0 Å². The zero-order chi connectivity index (χ0) is 18.1. The van der Waals surface area contributed by atoms with Crippen molar-refractivity contribution in [3.05, 3.63) is 54.1 Å². The van der Waals surface area contributed by atoms with Gasteiger partial charge in [-0.1, -0.05) is 19.4 Å². The third kappa shape index (κ3) is 4.60. The number of carbonyl (C=O) groups is 1.